The molecule has 0 aliphatic carbocycles. The van der Waals surface area contributed by atoms with E-state index in [1.54, 1.807) is 24.3 Å². The van der Waals surface area contributed by atoms with Crippen molar-refractivity contribution >= 4 is 17.5 Å². The van der Waals surface area contributed by atoms with Gasteiger partial charge in [0.2, 0.25) is 5.88 Å². The Hall–Kier alpha value is -2.83. The van der Waals surface area contributed by atoms with Gasteiger partial charge in [-0.1, -0.05) is 0 Å². The number of benzene rings is 1. The highest BCUT2D eigenvalue weighted by molar-refractivity contribution is 5.89. The first kappa shape index (κ1) is 16.5. The van der Waals surface area contributed by atoms with E-state index in [1.165, 1.54) is 13.4 Å². The second-order valence-electron chi connectivity index (χ2n) is 4.71. The first-order chi connectivity index (χ1) is 11.1. The van der Waals surface area contributed by atoms with Gasteiger partial charge in [-0.05, 0) is 38.1 Å². The smallest absolute Gasteiger partial charge is 0.337 e. The normalized spacial score (nSPS) is 10.2. The molecule has 0 atom stereocenters. The van der Waals surface area contributed by atoms with Crippen LogP contribution in [0.25, 0.3) is 0 Å². The number of hydrogen-bond acceptors (Lipinski definition) is 7. The Labute approximate surface area is 135 Å². The summed E-state index contributed by atoms with van der Waals surface area (Å²) in [6, 6.07) is 6.55. The van der Waals surface area contributed by atoms with Crippen LogP contribution < -0.4 is 15.4 Å². The summed E-state index contributed by atoms with van der Waals surface area (Å²) < 4.78 is 10.4. The molecule has 1 aromatic heterocycles. The van der Waals surface area contributed by atoms with Gasteiger partial charge in [0.05, 0.1) is 12.7 Å². The van der Waals surface area contributed by atoms with Gasteiger partial charge in [-0.15, -0.1) is 0 Å². The van der Waals surface area contributed by atoms with E-state index in [0.717, 1.165) is 13.1 Å². The summed E-state index contributed by atoms with van der Waals surface area (Å²) in [4.78, 5) is 21.7. The molecule has 0 amide bonds. The summed E-state index contributed by atoms with van der Waals surface area (Å²) in [6.07, 6.45) is 1.42. The van der Waals surface area contributed by atoms with Crippen LogP contribution in [0.5, 0.6) is 11.6 Å². The van der Waals surface area contributed by atoms with Crippen molar-refractivity contribution in [3.8, 4) is 11.6 Å². The number of anilines is 2. The minimum absolute atomic E-state index is 0.285. The van der Waals surface area contributed by atoms with Crippen LogP contribution in [0.4, 0.5) is 11.5 Å². The molecule has 23 heavy (non-hydrogen) atoms. The fourth-order valence-electron chi connectivity index (χ4n) is 2.12. The molecular formula is C16H20N4O3. The largest absolute Gasteiger partial charge is 0.465 e. The Kier molecular flexibility index (Phi) is 5.35. The summed E-state index contributed by atoms with van der Waals surface area (Å²) in [6.45, 7) is 5.62. The fourth-order valence-corrected chi connectivity index (χ4v) is 2.12. The zero-order chi connectivity index (χ0) is 16.8. The molecular weight excluding hydrogens is 296 g/mol. The molecule has 7 nitrogen and oxygen atoms in total. The van der Waals surface area contributed by atoms with Crippen LogP contribution >= 0.6 is 0 Å². The number of nitrogens with zero attached hydrogens (tertiary/aromatic N) is 3. The van der Waals surface area contributed by atoms with Gasteiger partial charge < -0.3 is 20.1 Å². The topological polar surface area (TPSA) is 90.6 Å². The van der Waals surface area contributed by atoms with Crippen molar-refractivity contribution in [3.05, 3.63) is 36.2 Å². The second kappa shape index (κ2) is 7.44. The van der Waals surface area contributed by atoms with E-state index in [1.807, 2.05) is 18.7 Å². The van der Waals surface area contributed by atoms with Gasteiger partial charge in [0.15, 0.2) is 5.82 Å². The Bertz CT molecular complexity index is 670. The molecule has 0 aliphatic rings. The van der Waals surface area contributed by atoms with Crippen molar-refractivity contribution in [2.45, 2.75) is 13.8 Å². The maximum absolute atomic E-state index is 11.4. The van der Waals surface area contributed by atoms with E-state index >= 15 is 0 Å². The number of carbonyl (C=O) groups excluding carboxylic acids is 1. The van der Waals surface area contributed by atoms with Crippen LogP contribution in [0.3, 0.4) is 0 Å². The molecule has 0 bridgehead atoms. The molecule has 1 heterocycles. The third-order valence-corrected chi connectivity index (χ3v) is 3.38. The number of rotatable bonds is 6. The molecule has 1 aromatic carbocycles. The van der Waals surface area contributed by atoms with Gasteiger partial charge in [-0.2, -0.15) is 4.98 Å². The average molecular weight is 316 g/mol. The Morgan fingerprint density at radius 1 is 1.17 bits per heavy atom. The molecule has 0 unspecified atom stereocenters. The SMILES string of the molecule is CCN(CC)c1ncnc(Oc2ccc(C(=O)OC)cc2)c1N. The Morgan fingerprint density at radius 3 is 2.39 bits per heavy atom. The van der Waals surface area contributed by atoms with Crippen molar-refractivity contribution in [1.82, 2.24) is 9.97 Å². The lowest BCUT2D eigenvalue weighted by atomic mass is 10.2. The molecule has 2 aromatic rings. The van der Waals surface area contributed by atoms with Gasteiger partial charge in [-0.25, -0.2) is 9.78 Å². The summed E-state index contributed by atoms with van der Waals surface area (Å²) in [7, 11) is 1.34. The van der Waals surface area contributed by atoms with E-state index in [0.29, 0.717) is 22.8 Å². The lowest BCUT2D eigenvalue weighted by molar-refractivity contribution is 0.0600. The number of hydrogen-bond donors (Lipinski definition) is 1. The fraction of sp³-hybridized carbons (Fsp3) is 0.312. The highest BCUT2D eigenvalue weighted by atomic mass is 16.5. The maximum Gasteiger partial charge on any atom is 0.337 e. The summed E-state index contributed by atoms with van der Waals surface area (Å²) >= 11 is 0. The van der Waals surface area contributed by atoms with Crippen LogP contribution in [0.1, 0.15) is 24.2 Å². The quantitative estimate of drug-likeness (QED) is 0.819. The predicted molar refractivity (Wildman–Crippen MR) is 87.9 cm³/mol. The molecule has 0 spiro atoms. The van der Waals surface area contributed by atoms with Crippen molar-refractivity contribution in [1.29, 1.82) is 0 Å². The lowest BCUT2D eigenvalue weighted by Gasteiger charge is -2.21. The summed E-state index contributed by atoms with van der Waals surface area (Å²) in [5.74, 6) is 1.05. The molecule has 0 fully saturated rings. The Balaban J connectivity index is 2.23. The number of ether oxygens (including phenoxy) is 2. The standard InChI is InChI=1S/C16H20N4O3/c1-4-20(5-2)14-13(17)15(19-10-18-14)23-12-8-6-11(7-9-12)16(21)22-3/h6-10H,4-5,17H2,1-3H3. The van der Waals surface area contributed by atoms with Crippen molar-refractivity contribution in [2.24, 2.45) is 0 Å². The van der Waals surface area contributed by atoms with E-state index in [-0.39, 0.29) is 5.88 Å². The van der Waals surface area contributed by atoms with Gasteiger partial charge in [-0.3, -0.25) is 0 Å². The summed E-state index contributed by atoms with van der Waals surface area (Å²) in [5, 5.41) is 0. The zero-order valence-corrected chi connectivity index (χ0v) is 13.4. The number of esters is 1. The molecule has 0 aliphatic heterocycles. The number of nitrogen functional groups attached to an aromatic ring is 1. The monoisotopic (exact) mass is 316 g/mol. The molecule has 0 radical (unpaired) electrons. The van der Waals surface area contributed by atoms with Crippen molar-refractivity contribution < 1.29 is 14.3 Å². The third-order valence-electron chi connectivity index (χ3n) is 3.38. The molecule has 0 saturated carbocycles. The number of nitrogens with two attached hydrogens (primary N) is 1. The van der Waals surface area contributed by atoms with Crippen molar-refractivity contribution in [2.75, 3.05) is 30.8 Å². The van der Waals surface area contributed by atoms with Gasteiger partial charge in [0, 0.05) is 13.1 Å². The van der Waals surface area contributed by atoms with E-state index < -0.39 is 5.97 Å². The van der Waals surface area contributed by atoms with Gasteiger partial charge in [0.1, 0.15) is 17.8 Å². The summed E-state index contributed by atoms with van der Waals surface area (Å²) in [5.41, 5.74) is 6.94. The van der Waals surface area contributed by atoms with Gasteiger partial charge in [0.25, 0.3) is 0 Å². The lowest BCUT2D eigenvalue weighted by Crippen LogP contribution is -2.24. The molecule has 0 saturated heterocycles. The minimum atomic E-state index is -0.401. The van der Waals surface area contributed by atoms with Crippen LogP contribution in [0.15, 0.2) is 30.6 Å². The highest BCUT2D eigenvalue weighted by Crippen LogP contribution is 2.31. The van der Waals surface area contributed by atoms with Crippen LogP contribution in [-0.4, -0.2) is 36.1 Å². The molecule has 122 valence electrons. The third kappa shape index (κ3) is 3.68. The maximum atomic E-state index is 11.4. The minimum Gasteiger partial charge on any atom is -0.465 e. The highest BCUT2D eigenvalue weighted by Gasteiger charge is 2.14. The molecule has 7 heteroatoms. The Morgan fingerprint density at radius 2 is 1.83 bits per heavy atom. The first-order valence-corrected chi connectivity index (χ1v) is 7.32. The first-order valence-electron chi connectivity index (χ1n) is 7.32. The number of methoxy groups -OCH3 is 1. The van der Waals surface area contributed by atoms with Crippen LogP contribution in [0.2, 0.25) is 0 Å². The molecule has 2 rings (SSSR count). The van der Waals surface area contributed by atoms with Gasteiger partial charge >= 0.3 is 5.97 Å². The van der Waals surface area contributed by atoms with E-state index in [4.69, 9.17) is 10.5 Å². The number of carbonyl (C=O) groups is 1. The van der Waals surface area contributed by atoms with Crippen LogP contribution in [-0.2, 0) is 4.74 Å². The van der Waals surface area contributed by atoms with Crippen LogP contribution in [0, 0.1) is 0 Å². The zero-order valence-electron chi connectivity index (χ0n) is 13.4. The second-order valence-corrected chi connectivity index (χ2v) is 4.71. The number of aromatic nitrogens is 2. The van der Waals surface area contributed by atoms with E-state index in [9.17, 15) is 4.79 Å². The van der Waals surface area contributed by atoms with E-state index in [2.05, 4.69) is 14.7 Å². The predicted octanol–water partition coefficient (Wildman–Crippen LogP) is 2.48. The average Bonchev–Trinajstić information content (AvgIpc) is 2.59. The molecule has 2 N–H and O–H groups in total. The van der Waals surface area contributed by atoms with Crippen molar-refractivity contribution in [3.63, 3.8) is 0 Å².